The maximum Gasteiger partial charge on any atom is 0.229 e. The van der Waals surface area contributed by atoms with Gasteiger partial charge in [-0.3, -0.25) is 14.7 Å². The lowest BCUT2D eigenvalue weighted by molar-refractivity contribution is -0.522. The Morgan fingerprint density at radius 2 is 1.22 bits per heavy atom. The Kier molecular flexibility index (Phi) is 5.84. The summed E-state index contributed by atoms with van der Waals surface area (Å²) in [5, 5.41) is 16.0. The monoisotopic (exact) mass is 380 g/mol. The van der Waals surface area contributed by atoms with Gasteiger partial charge in [0.2, 0.25) is 13.3 Å². The lowest BCUT2D eigenvalue weighted by Crippen LogP contribution is -2.38. The summed E-state index contributed by atoms with van der Waals surface area (Å²) in [4.78, 5) is 11.2. The standard InChI is InChI=1S/C21H21N2O3P/c1-17(23(24)25)21(18-11-5-2-6-12-18)22-27(26,19-13-7-3-8-14-19)20-15-9-4-10-16-20/h2-17,21H,1H3,(H,22,26). The molecule has 0 aliphatic rings. The minimum Gasteiger partial charge on any atom is -0.296 e. The summed E-state index contributed by atoms with van der Waals surface area (Å²) in [5.74, 6) is 0. The quantitative estimate of drug-likeness (QED) is 0.383. The summed E-state index contributed by atoms with van der Waals surface area (Å²) >= 11 is 0. The van der Waals surface area contributed by atoms with Gasteiger partial charge in [0.05, 0.1) is 0 Å². The van der Waals surface area contributed by atoms with Crippen LogP contribution >= 0.6 is 7.29 Å². The van der Waals surface area contributed by atoms with Gasteiger partial charge in [-0.15, -0.1) is 0 Å². The summed E-state index contributed by atoms with van der Waals surface area (Å²) in [7, 11) is -3.29. The first kappa shape index (κ1) is 19.0. The van der Waals surface area contributed by atoms with E-state index in [2.05, 4.69) is 5.09 Å². The van der Waals surface area contributed by atoms with E-state index in [0.29, 0.717) is 10.6 Å². The van der Waals surface area contributed by atoms with E-state index in [1.165, 1.54) is 6.92 Å². The lowest BCUT2D eigenvalue weighted by Gasteiger charge is -2.27. The van der Waals surface area contributed by atoms with Crippen molar-refractivity contribution < 1.29 is 9.49 Å². The van der Waals surface area contributed by atoms with E-state index in [1.54, 1.807) is 24.3 Å². The predicted molar refractivity (Wildman–Crippen MR) is 109 cm³/mol. The van der Waals surface area contributed by atoms with Crippen molar-refractivity contribution in [3.63, 3.8) is 0 Å². The van der Waals surface area contributed by atoms with E-state index in [4.69, 9.17) is 0 Å². The maximum absolute atomic E-state index is 14.2. The Labute approximate surface area is 158 Å². The molecule has 3 aromatic carbocycles. The summed E-state index contributed by atoms with van der Waals surface area (Å²) in [5.41, 5.74) is 0.730. The SMILES string of the molecule is CC(C(NP(=O)(c1ccccc1)c1ccccc1)c1ccccc1)[N+](=O)[O-]. The average Bonchev–Trinajstić information content (AvgIpc) is 2.73. The van der Waals surface area contributed by atoms with Crippen molar-refractivity contribution in [1.29, 1.82) is 0 Å². The largest absolute Gasteiger partial charge is 0.296 e. The molecule has 1 N–H and O–H groups in total. The van der Waals surface area contributed by atoms with Gasteiger partial charge in [0.25, 0.3) is 0 Å². The average molecular weight is 380 g/mol. The number of benzene rings is 3. The first-order valence-corrected chi connectivity index (χ1v) is 10.4. The van der Waals surface area contributed by atoms with Crippen LogP contribution in [0, 0.1) is 10.1 Å². The maximum atomic E-state index is 14.2. The molecule has 6 heteroatoms. The molecule has 2 unspecified atom stereocenters. The Bertz CT molecular complexity index is 890. The third kappa shape index (κ3) is 4.16. The fraction of sp³-hybridized carbons (Fsp3) is 0.143. The number of rotatable bonds is 7. The van der Waals surface area contributed by atoms with Gasteiger partial charge in [0.15, 0.2) is 0 Å². The van der Waals surface area contributed by atoms with Crippen LogP contribution in [0.25, 0.3) is 0 Å². The molecule has 0 amide bonds. The molecule has 0 spiro atoms. The first-order chi connectivity index (χ1) is 13.0. The van der Waals surface area contributed by atoms with Gasteiger partial charge >= 0.3 is 0 Å². The highest BCUT2D eigenvalue weighted by molar-refractivity contribution is 7.76. The number of hydrogen-bond donors (Lipinski definition) is 1. The van der Waals surface area contributed by atoms with Crippen LogP contribution in [0.1, 0.15) is 18.5 Å². The number of hydrogen-bond acceptors (Lipinski definition) is 3. The predicted octanol–water partition coefficient (Wildman–Crippen LogP) is 3.91. The van der Waals surface area contributed by atoms with Crippen molar-refractivity contribution in [3.05, 3.63) is 107 Å². The van der Waals surface area contributed by atoms with Crippen LogP contribution < -0.4 is 15.7 Å². The highest BCUT2D eigenvalue weighted by Crippen LogP contribution is 2.42. The fourth-order valence-corrected chi connectivity index (χ4v) is 5.55. The first-order valence-electron chi connectivity index (χ1n) is 8.70. The van der Waals surface area contributed by atoms with Crippen molar-refractivity contribution >= 4 is 17.9 Å². The molecule has 27 heavy (non-hydrogen) atoms. The number of nitro groups is 1. The summed E-state index contributed by atoms with van der Waals surface area (Å²) in [6, 6.07) is 25.6. The van der Waals surface area contributed by atoms with Crippen LogP contribution in [-0.4, -0.2) is 11.0 Å². The molecule has 138 valence electrons. The van der Waals surface area contributed by atoms with Crippen molar-refractivity contribution in [2.75, 3.05) is 0 Å². The van der Waals surface area contributed by atoms with Crippen molar-refractivity contribution in [1.82, 2.24) is 5.09 Å². The van der Waals surface area contributed by atoms with Gasteiger partial charge in [0.1, 0.15) is 6.04 Å². The van der Waals surface area contributed by atoms with Crippen LogP contribution in [0.3, 0.4) is 0 Å². The molecular weight excluding hydrogens is 359 g/mol. The molecule has 0 fully saturated rings. The zero-order valence-electron chi connectivity index (χ0n) is 14.9. The molecule has 5 nitrogen and oxygen atoms in total. The van der Waals surface area contributed by atoms with E-state index in [9.17, 15) is 14.7 Å². The van der Waals surface area contributed by atoms with E-state index in [-0.39, 0.29) is 4.92 Å². The van der Waals surface area contributed by atoms with E-state index >= 15 is 0 Å². The Morgan fingerprint density at radius 1 is 0.815 bits per heavy atom. The molecule has 0 aliphatic heterocycles. The van der Waals surface area contributed by atoms with Crippen LogP contribution in [-0.2, 0) is 4.57 Å². The third-order valence-electron chi connectivity index (χ3n) is 4.53. The van der Waals surface area contributed by atoms with Crippen molar-refractivity contribution in [2.24, 2.45) is 0 Å². The third-order valence-corrected chi connectivity index (χ3v) is 7.23. The fourth-order valence-electron chi connectivity index (χ4n) is 3.01. The molecular formula is C21H21N2O3P. The topological polar surface area (TPSA) is 72.2 Å². The molecule has 2 atom stereocenters. The normalized spacial score (nSPS) is 13.7. The van der Waals surface area contributed by atoms with Crippen LogP contribution in [0.5, 0.6) is 0 Å². The van der Waals surface area contributed by atoms with Crippen LogP contribution in [0.15, 0.2) is 91.0 Å². The summed E-state index contributed by atoms with van der Waals surface area (Å²) in [6.07, 6.45) is 0. The number of nitrogens with one attached hydrogen (secondary N) is 1. The summed E-state index contributed by atoms with van der Waals surface area (Å²) < 4.78 is 14.2. The molecule has 3 aromatic rings. The Balaban J connectivity index is 2.11. The summed E-state index contributed by atoms with van der Waals surface area (Å²) in [6.45, 7) is 1.53. The van der Waals surface area contributed by atoms with Crippen LogP contribution in [0.4, 0.5) is 0 Å². The Morgan fingerprint density at radius 3 is 1.63 bits per heavy atom. The smallest absolute Gasteiger partial charge is 0.229 e. The zero-order chi connectivity index (χ0) is 19.3. The van der Waals surface area contributed by atoms with Crippen molar-refractivity contribution in [2.45, 2.75) is 19.0 Å². The van der Waals surface area contributed by atoms with E-state index in [0.717, 1.165) is 5.56 Å². The van der Waals surface area contributed by atoms with Gasteiger partial charge in [-0.1, -0.05) is 66.7 Å². The van der Waals surface area contributed by atoms with Gasteiger partial charge in [-0.25, -0.2) is 5.09 Å². The van der Waals surface area contributed by atoms with Gasteiger partial charge in [-0.2, -0.15) is 0 Å². The molecule has 0 bridgehead atoms. The molecule has 0 saturated heterocycles. The molecule has 0 radical (unpaired) electrons. The minimum absolute atomic E-state index is 0.342. The second-order valence-electron chi connectivity index (χ2n) is 6.32. The van der Waals surface area contributed by atoms with E-state index in [1.807, 2.05) is 66.7 Å². The van der Waals surface area contributed by atoms with Gasteiger partial charge in [0, 0.05) is 22.5 Å². The molecule has 0 saturated carbocycles. The minimum atomic E-state index is -3.29. The molecule has 0 aromatic heterocycles. The number of nitrogens with zero attached hydrogens (tertiary/aromatic N) is 1. The zero-order valence-corrected chi connectivity index (χ0v) is 15.8. The van der Waals surface area contributed by atoms with Gasteiger partial charge in [-0.05, 0) is 29.8 Å². The Hall–Kier alpha value is -2.75. The van der Waals surface area contributed by atoms with Gasteiger partial charge < -0.3 is 0 Å². The highest BCUT2D eigenvalue weighted by atomic mass is 31.2. The van der Waals surface area contributed by atoms with E-state index < -0.39 is 19.4 Å². The second-order valence-corrected chi connectivity index (χ2v) is 8.83. The second kappa shape index (κ2) is 8.30. The molecule has 0 aliphatic carbocycles. The van der Waals surface area contributed by atoms with Crippen LogP contribution in [0.2, 0.25) is 0 Å². The molecule has 3 rings (SSSR count). The molecule has 0 heterocycles. The highest BCUT2D eigenvalue weighted by Gasteiger charge is 2.36. The lowest BCUT2D eigenvalue weighted by atomic mass is 10.0. The van der Waals surface area contributed by atoms with Crippen molar-refractivity contribution in [3.8, 4) is 0 Å².